The smallest absolute Gasteiger partial charge is 0.241 e. The lowest BCUT2D eigenvalue weighted by Gasteiger charge is -2.23. The van der Waals surface area contributed by atoms with Crippen molar-refractivity contribution >= 4 is 36.4 Å². The fourth-order valence-electron chi connectivity index (χ4n) is 1.32. The number of aryl methyl sites for hydroxylation is 1. The van der Waals surface area contributed by atoms with Crippen LogP contribution in [-0.2, 0) is 11.2 Å². The van der Waals surface area contributed by atoms with Gasteiger partial charge in [-0.2, -0.15) is 0 Å². The first-order chi connectivity index (χ1) is 5.79. The largest absolute Gasteiger partial charge is 0.273 e. The predicted molar refractivity (Wildman–Crippen MR) is 58.7 cm³/mol. The van der Waals surface area contributed by atoms with Gasteiger partial charge in [-0.1, -0.05) is 0 Å². The minimum Gasteiger partial charge on any atom is -0.273 e. The molecule has 0 radical (unpaired) electrons. The highest BCUT2D eigenvalue weighted by atomic mass is 35.5. The molecule has 0 aromatic carbocycles. The minimum atomic E-state index is -0.0458. The van der Waals surface area contributed by atoms with Crippen molar-refractivity contribution in [3.63, 3.8) is 0 Å². The van der Waals surface area contributed by atoms with Gasteiger partial charge >= 0.3 is 0 Å². The van der Waals surface area contributed by atoms with E-state index in [1.807, 2.05) is 0 Å². The van der Waals surface area contributed by atoms with Gasteiger partial charge in [0.15, 0.2) is 0 Å². The van der Waals surface area contributed by atoms with E-state index in [0.29, 0.717) is 12.8 Å². The Kier molecular flexibility index (Phi) is 4.83. The third-order valence-corrected chi connectivity index (χ3v) is 1.97. The third-order valence-electron chi connectivity index (χ3n) is 1.97. The Morgan fingerprint density at radius 2 is 2.07 bits per heavy atom. The zero-order valence-electron chi connectivity index (χ0n) is 7.34. The first-order valence-electron chi connectivity index (χ1n) is 3.80. The second-order valence-electron chi connectivity index (χ2n) is 2.73. The molecule has 2 heterocycles. The van der Waals surface area contributed by atoms with Crippen molar-refractivity contribution in [1.29, 1.82) is 0 Å². The van der Waals surface area contributed by atoms with Gasteiger partial charge in [-0.3, -0.25) is 9.78 Å². The molecule has 0 atom stereocenters. The number of anilines is 1. The van der Waals surface area contributed by atoms with Crippen LogP contribution in [0.4, 0.5) is 5.69 Å². The van der Waals surface area contributed by atoms with Crippen LogP contribution in [0.2, 0.25) is 0 Å². The third kappa shape index (κ3) is 2.15. The molecule has 14 heavy (non-hydrogen) atoms. The van der Waals surface area contributed by atoms with Crippen LogP contribution in [0.1, 0.15) is 12.1 Å². The van der Waals surface area contributed by atoms with Gasteiger partial charge < -0.3 is 0 Å². The monoisotopic (exact) mass is 235 g/mol. The molecule has 4 nitrogen and oxygen atoms in total. The van der Waals surface area contributed by atoms with E-state index in [9.17, 15) is 4.79 Å². The molecule has 0 saturated heterocycles. The quantitative estimate of drug-likeness (QED) is 0.541. The van der Waals surface area contributed by atoms with Crippen LogP contribution in [0.15, 0.2) is 18.3 Å². The van der Waals surface area contributed by atoms with Crippen LogP contribution < -0.4 is 10.9 Å². The SMILES string of the molecule is Cl.Cl.NN1C(=O)CCc2ncccc21. The van der Waals surface area contributed by atoms with Gasteiger partial charge in [0.1, 0.15) is 0 Å². The van der Waals surface area contributed by atoms with Crippen molar-refractivity contribution in [1.82, 2.24) is 4.98 Å². The predicted octanol–water partition coefficient (Wildman–Crippen LogP) is 1.08. The molecule has 0 aliphatic carbocycles. The molecule has 2 rings (SSSR count). The molecule has 78 valence electrons. The van der Waals surface area contributed by atoms with Crippen molar-refractivity contribution < 1.29 is 4.79 Å². The van der Waals surface area contributed by atoms with Crippen LogP contribution in [0.25, 0.3) is 0 Å². The normalized spacial score (nSPS) is 13.8. The molecule has 0 unspecified atom stereocenters. The van der Waals surface area contributed by atoms with E-state index in [2.05, 4.69) is 4.98 Å². The van der Waals surface area contributed by atoms with Crippen LogP contribution in [0.5, 0.6) is 0 Å². The van der Waals surface area contributed by atoms with Crippen molar-refractivity contribution in [2.24, 2.45) is 5.84 Å². The highest BCUT2D eigenvalue weighted by molar-refractivity contribution is 5.94. The summed E-state index contributed by atoms with van der Waals surface area (Å²) in [5, 5.41) is 1.17. The first-order valence-corrected chi connectivity index (χ1v) is 3.80. The van der Waals surface area contributed by atoms with Crippen molar-refractivity contribution in [3.05, 3.63) is 24.0 Å². The summed E-state index contributed by atoms with van der Waals surface area (Å²) in [6.07, 6.45) is 2.87. The highest BCUT2D eigenvalue weighted by Crippen LogP contribution is 2.22. The topological polar surface area (TPSA) is 59.2 Å². The van der Waals surface area contributed by atoms with Crippen LogP contribution >= 0.6 is 24.8 Å². The number of carbonyl (C=O) groups is 1. The van der Waals surface area contributed by atoms with Crippen molar-refractivity contribution in [2.45, 2.75) is 12.8 Å². The lowest BCUT2D eigenvalue weighted by atomic mass is 10.1. The summed E-state index contributed by atoms with van der Waals surface area (Å²) in [6, 6.07) is 3.58. The Morgan fingerprint density at radius 3 is 2.79 bits per heavy atom. The van der Waals surface area contributed by atoms with Gasteiger partial charge in [-0.15, -0.1) is 24.8 Å². The number of halogens is 2. The molecule has 1 aliphatic heterocycles. The number of rotatable bonds is 0. The molecule has 1 aliphatic rings. The number of nitrogens with zero attached hydrogens (tertiary/aromatic N) is 2. The minimum absolute atomic E-state index is 0. The number of pyridine rings is 1. The summed E-state index contributed by atoms with van der Waals surface area (Å²) in [4.78, 5) is 15.3. The average molecular weight is 236 g/mol. The maximum absolute atomic E-state index is 11.1. The second-order valence-corrected chi connectivity index (χ2v) is 2.73. The molecule has 2 N–H and O–H groups in total. The maximum Gasteiger partial charge on any atom is 0.241 e. The lowest BCUT2D eigenvalue weighted by Crippen LogP contribution is -2.41. The van der Waals surface area contributed by atoms with Crippen molar-refractivity contribution in [3.8, 4) is 0 Å². The van der Waals surface area contributed by atoms with E-state index >= 15 is 0 Å². The summed E-state index contributed by atoms with van der Waals surface area (Å²) < 4.78 is 0. The van der Waals surface area contributed by atoms with Crippen LogP contribution in [0, 0.1) is 0 Å². The Labute approximate surface area is 94.3 Å². The summed E-state index contributed by atoms with van der Waals surface area (Å²) in [6.45, 7) is 0. The van der Waals surface area contributed by atoms with E-state index < -0.39 is 0 Å². The van der Waals surface area contributed by atoms with E-state index in [-0.39, 0.29) is 30.7 Å². The first kappa shape index (κ1) is 13.2. The maximum atomic E-state index is 11.1. The van der Waals surface area contributed by atoms with E-state index in [1.54, 1.807) is 18.3 Å². The molecule has 1 aromatic rings. The zero-order valence-corrected chi connectivity index (χ0v) is 8.98. The molecule has 0 saturated carbocycles. The fourth-order valence-corrected chi connectivity index (χ4v) is 1.32. The summed E-state index contributed by atoms with van der Waals surface area (Å²) in [5.74, 6) is 5.49. The van der Waals surface area contributed by atoms with Gasteiger partial charge in [-0.25, -0.2) is 10.9 Å². The number of nitrogens with two attached hydrogens (primary N) is 1. The lowest BCUT2D eigenvalue weighted by molar-refractivity contribution is -0.119. The van der Waals surface area contributed by atoms with Gasteiger partial charge in [0, 0.05) is 19.0 Å². The van der Waals surface area contributed by atoms with Gasteiger partial charge in [0.25, 0.3) is 0 Å². The highest BCUT2D eigenvalue weighted by Gasteiger charge is 2.21. The Hall–Kier alpha value is -0.840. The van der Waals surface area contributed by atoms with Crippen molar-refractivity contribution in [2.75, 3.05) is 5.01 Å². The fraction of sp³-hybridized carbons (Fsp3) is 0.250. The van der Waals surface area contributed by atoms with Gasteiger partial charge in [0.05, 0.1) is 11.4 Å². The number of amides is 1. The Balaban J connectivity index is 0.000000845. The van der Waals surface area contributed by atoms with Crippen LogP contribution in [0.3, 0.4) is 0 Å². The molecule has 0 spiro atoms. The van der Waals surface area contributed by atoms with E-state index in [4.69, 9.17) is 5.84 Å². The second kappa shape index (κ2) is 5.14. The molecule has 1 amide bonds. The van der Waals surface area contributed by atoms with E-state index in [0.717, 1.165) is 11.4 Å². The number of fused-ring (bicyclic) bond motifs is 1. The molecule has 1 aromatic heterocycles. The molecular formula is C8H11Cl2N3O. The molecule has 0 bridgehead atoms. The molecular weight excluding hydrogens is 225 g/mol. The van der Waals surface area contributed by atoms with Gasteiger partial charge in [-0.05, 0) is 12.1 Å². The summed E-state index contributed by atoms with van der Waals surface area (Å²) in [7, 11) is 0. The summed E-state index contributed by atoms with van der Waals surface area (Å²) >= 11 is 0. The molecule has 6 heteroatoms. The Bertz CT molecular complexity index is 332. The molecule has 0 fully saturated rings. The average Bonchev–Trinajstić information content (AvgIpc) is 2.12. The van der Waals surface area contributed by atoms with E-state index in [1.165, 1.54) is 5.01 Å². The zero-order chi connectivity index (χ0) is 8.55. The standard InChI is InChI=1S/C8H9N3O.2ClH/c9-11-7-2-1-5-10-6(7)3-4-8(11)12;;/h1-2,5H,3-4,9H2;2*1H. The number of carbonyl (C=O) groups excluding carboxylic acids is 1. The number of aromatic nitrogens is 1. The number of hydrogen-bond acceptors (Lipinski definition) is 3. The van der Waals surface area contributed by atoms with Crippen LogP contribution in [-0.4, -0.2) is 10.9 Å². The Morgan fingerprint density at radius 1 is 1.36 bits per heavy atom. The summed E-state index contributed by atoms with van der Waals surface area (Å²) in [5.41, 5.74) is 1.63. The number of hydrazine groups is 1. The number of hydrogen-bond donors (Lipinski definition) is 1. The van der Waals surface area contributed by atoms with Gasteiger partial charge in [0.2, 0.25) is 5.91 Å².